The fourth-order valence-corrected chi connectivity index (χ4v) is 3.13. The van der Waals surface area contributed by atoms with Gasteiger partial charge in [-0.25, -0.2) is 9.97 Å². The van der Waals surface area contributed by atoms with E-state index in [4.69, 9.17) is 4.74 Å². The van der Waals surface area contributed by atoms with Crippen LogP contribution >= 0.6 is 0 Å². The molecule has 0 aliphatic carbocycles. The van der Waals surface area contributed by atoms with Crippen LogP contribution in [-0.4, -0.2) is 67.8 Å². The van der Waals surface area contributed by atoms with Crippen LogP contribution in [0.3, 0.4) is 0 Å². The maximum Gasteiger partial charge on any atom is 0.260 e. The number of amides is 1. The largest absolute Gasteiger partial charge is 0.467 e. The Balaban J connectivity index is 1.44. The monoisotopic (exact) mass is 368 g/mol. The number of carbonyl (C=O) groups excluding carboxylic acids is 1. The van der Waals surface area contributed by atoms with Crippen molar-refractivity contribution in [3.05, 3.63) is 35.5 Å². The van der Waals surface area contributed by atoms with Crippen LogP contribution in [0.5, 0.6) is 5.88 Å². The quantitative estimate of drug-likeness (QED) is 0.646. The predicted octanol–water partition coefficient (Wildman–Crippen LogP) is 0.252. The van der Waals surface area contributed by atoms with E-state index in [0.29, 0.717) is 30.4 Å². The van der Waals surface area contributed by atoms with E-state index in [-0.39, 0.29) is 12.5 Å². The minimum absolute atomic E-state index is 0.0828. The molecule has 27 heavy (non-hydrogen) atoms. The summed E-state index contributed by atoms with van der Waals surface area (Å²) in [5.41, 5.74) is 2.62. The average molecular weight is 368 g/mol. The fourth-order valence-electron chi connectivity index (χ4n) is 3.13. The Morgan fingerprint density at radius 2 is 2.15 bits per heavy atom. The highest BCUT2D eigenvalue weighted by atomic mass is 16.5. The van der Waals surface area contributed by atoms with E-state index < -0.39 is 0 Å². The Morgan fingerprint density at radius 3 is 2.96 bits per heavy atom. The molecule has 1 aliphatic rings. The van der Waals surface area contributed by atoms with Gasteiger partial charge in [-0.2, -0.15) is 4.52 Å². The lowest BCUT2D eigenvalue weighted by atomic mass is 10.0. The summed E-state index contributed by atoms with van der Waals surface area (Å²) in [5, 5.41) is 11.8. The summed E-state index contributed by atoms with van der Waals surface area (Å²) in [6, 6.07) is 3.40. The second-order valence-electron chi connectivity index (χ2n) is 6.57. The summed E-state index contributed by atoms with van der Waals surface area (Å²) in [4.78, 5) is 25.4. The molecule has 3 aromatic rings. The van der Waals surface area contributed by atoms with E-state index in [1.54, 1.807) is 17.0 Å². The molecule has 0 N–H and O–H groups in total. The zero-order valence-electron chi connectivity index (χ0n) is 15.5. The summed E-state index contributed by atoms with van der Waals surface area (Å²) in [6.07, 6.45) is 2.20. The standard InChI is InChI=1S/C17H20N8O2/c1-11-19-13-8-24(7-6-12(13)17(20-11)23(2)3)16(26)9-27-15-5-4-14-21-18-10-25(14)22-15/h4-5,10H,6-9H2,1-3H3. The fraction of sp³-hybridized carbons (Fsp3) is 0.412. The van der Waals surface area contributed by atoms with Crippen LogP contribution in [0.15, 0.2) is 18.5 Å². The maximum absolute atomic E-state index is 12.6. The molecule has 140 valence electrons. The molecule has 0 atom stereocenters. The van der Waals surface area contributed by atoms with E-state index >= 15 is 0 Å². The SMILES string of the molecule is Cc1nc2c(c(N(C)C)n1)CCN(C(=O)COc1ccc3nncn3n1)C2. The zero-order chi connectivity index (χ0) is 19.0. The topological polar surface area (TPSA) is 102 Å². The van der Waals surface area contributed by atoms with Gasteiger partial charge in [-0.3, -0.25) is 4.79 Å². The van der Waals surface area contributed by atoms with Gasteiger partial charge in [0, 0.05) is 32.3 Å². The van der Waals surface area contributed by atoms with Crippen molar-refractivity contribution in [3.63, 3.8) is 0 Å². The van der Waals surface area contributed by atoms with Crippen molar-refractivity contribution >= 4 is 17.4 Å². The minimum atomic E-state index is -0.103. The number of anilines is 1. The number of aromatic nitrogens is 6. The number of carbonyl (C=O) groups is 1. The smallest absolute Gasteiger partial charge is 0.260 e. The Kier molecular flexibility index (Phi) is 4.30. The van der Waals surface area contributed by atoms with Gasteiger partial charge in [-0.1, -0.05) is 0 Å². The molecule has 4 heterocycles. The van der Waals surface area contributed by atoms with Crippen LogP contribution in [0.1, 0.15) is 17.1 Å². The van der Waals surface area contributed by atoms with Crippen LogP contribution in [0.2, 0.25) is 0 Å². The molecule has 1 aliphatic heterocycles. The Bertz CT molecular complexity index is 1000. The number of hydrogen-bond acceptors (Lipinski definition) is 8. The lowest BCUT2D eigenvalue weighted by Gasteiger charge is -2.30. The summed E-state index contributed by atoms with van der Waals surface area (Å²) in [7, 11) is 3.93. The normalized spacial score (nSPS) is 13.5. The second-order valence-corrected chi connectivity index (χ2v) is 6.57. The number of rotatable bonds is 4. The third-order valence-corrected chi connectivity index (χ3v) is 4.41. The summed E-state index contributed by atoms with van der Waals surface area (Å²) < 4.78 is 7.05. The Morgan fingerprint density at radius 1 is 1.30 bits per heavy atom. The molecule has 10 nitrogen and oxygen atoms in total. The first-order chi connectivity index (χ1) is 13.0. The predicted molar refractivity (Wildman–Crippen MR) is 96.5 cm³/mol. The number of ether oxygens (including phenoxy) is 1. The van der Waals surface area contributed by atoms with Crippen LogP contribution < -0.4 is 9.64 Å². The molecule has 10 heteroatoms. The average Bonchev–Trinajstić information content (AvgIpc) is 3.12. The minimum Gasteiger partial charge on any atom is -0.467 e. The second kappa shape index (κ2) is 6.78. The molecule has 1 amide bonds. The third-order valence-electron chi connectivity index (χ3n) is 4.41. The van der Waals surface area contributed by atoms with Gasteiger partial charge in [-0.05, 0) is 19.4 Å². The van der Waals surface area contributed by atoms with E-state index in [1.807, 2.05) is 25.9 Å². The zero-order valence-corrected chi connectivity index (χ0v) is 15.5. The summed E-state index contributed by atoms with van der Waals surface area (Å²) in [5.74, 6) is 1.87. The van der Waals surface area contributed by atoms with E-state index in [1.165, 1.54) is 10.8 Å². The highest BCUT2D eigenvalue weighted by molar-refractivity contribution is 5.78. The van der Waals surface area contributed by atoms with Crippen LogP contribution in [-0.2, 0) is 17.8 Å². The molecule has 3 aromatic heterocycles. The van der Waals surface area contributed by atoms with Crippen LogP contribution in [0, 0.1) is 6.92 Å². The van der Waals surface area contributed by atoms with Gasteiger partial charge in [0.05, 0.1) is 12.2 Å². The lowest BCUT2D eigenvalue weighted by molar-refractivity contribution is -0.134. The molecule has 0 saturated heterocycles. The molecule has 0 fully saturated rings. The van der Waals surface area contributed by atoms with Gasteiger partial charge >= 0.3 is 0 Å². The first-order valence-corrected chi connectivity index (χ1v) is 8.62. The van der Waals surface area contributed by atoms with Crippen molar-refractivity contribution in [2.45, 2.75) is 19.9 Å². The number of nitrogens with zero attached hydrogens (tertiary/aromatic N) is 8. The molecular weight excluding hydrogens is 348 g/mol. The van der Waals surface area contributed by atoms with Gasteiger partial charge in [0.2, 0.25) is 5.88 Å². The highest BCUT2D eigenvalue weighted by Crippen LogP contribution is 2.25. The van der Waals surface area contributed by atoms with E-state index in [9.17, 15) is 4.79 Å². The number of aryl methyl sites for hydroxylation is 1. The highest BCUT2D eigenvalue weighted by Gasteiger charge is 2.25. The van der Waals surface area contributed by atoms with Crippen molar-refractivity contribution in [1.29, 1.82) is 0 Å². The van der Waals surface area contributed by atoms with Crippen molar-refractivity contribution in [2.24, 2.45) is 0 Å². The number of fused-ring (bicyclic) bond motifs is 2. The first kappa shape index (κ1) is 17.1. The molecule has 0 spiro atoms. The van der Waals surface area contributed by atoms with Gasteiger partial charge in [-0.15, -0.1) is 15.3 Å². The molecule has 0 saturated carbocycles. The van der Waals surface area contributed by atoms with Crippen molar-refractivity contribution < 1.29 is 9.53 Å². The molecular formula is C17H20N8O2. The number of hydrogen-bond donors (Lipinski definition) is 0. The van der Waals surface area contributed by atoms with Crippen LogP contribution in [0.25, 0.3) is 5.65 Å². The van der Waals surface area contributed by atoms with E-state index in [0.717, 1.165) is 23.5 Å². The first-order valence-electron chi connectivity index (χ1n) is 8.62. The lowest BCUT2D eigenvalue weighted by Crippen LogP contribution is -2.40. The Labute approximate surface area is 155 Å². The Hall–Kier alpha value is -3.30. The van der Waals surface area contributed by atoms with Gasteiger partial charge in [0.25, 0.3) is 5.91 Å². The van der Waals surface area contributed by atoms with Crippen molar-refractivity contribution in [3.8, 4) is 5.88 Å². The summed E-state index contributed by atoms with van der Waals surface area (Å²) >= 11 is 0. The molecule has 4 rings (SSSR count). The van der Waals surface area contributed by atoms with Gasteiger partial charge < -0.3 is 14.5 Å². The van der Waals surface area contributed by atoms with Gasteiger partial charge in [0.15, 0.2) is 12.3 Å². The third kappa shape index (κ3) is 3.37. The van der Waals surface area contributed by atoms with Crippen molar-refractivity contribution in [1.82, 2.24) is 34.7 Å². The summed E-state index contributed by atoms with van der Waals surface area (Å²) in [6.45, 7) is 2.85. The van der Waals surface area contributed by atoms with Crippen molar-refractivity contribution in [2.75, 3.05) is 32.1 Å². The maximum atomic E-state index is 12.6. The molecule has 0 unspecified atom stereocenters. The molecule has 0 bridgehead atoms. The van der Waals surface area contributed by atoms with Crippen LogP contribution in [0.4, 0.5) is 5.82 Å². The van der Waals surface area contributed by atoms with E-state index in [2.05, 4.69) is 25.3 Å². The molecule has 0 aromatic carbocycles. The van der Waals surface area contributed by atoms with Gasteiger partial charge in [0.1, 0.15) is 18.0 Å². The molecule has 0 radical (unpaired) electrons.